The van der Waals surface area contributed by atoms with Crippen molar-refractivity contribution in [3.63, 3.8) is 0 Å². The summed E-state index contributed by atoms with van der Waals surface area (Å²) in [6.07, 6.45) is 1.90. The molecule has 0 amide bonds. The molecule has 2 fully saturated rings. The highest BCUT2D eigenvalue weighted by Gasteiger charge is 2.68. The molecule has 2 bridgehead atoms. The fourth-order valence-electron chi connectivity index (χ4n) is 3.77. The number of carbonyl (C=O) groups is 1. The second kappa shape index (κ2) is 4.04. The molecule has 0 aromatic rings. The Labute approximate surface area is 110 Å². The van der Waals surface area contributed by atoms with E-state index < -0.39 is 20.2 Å². The molecule has 2 atom stereocenters. The molecule has 0 saturated heterocycles. The minimum absolute atomic E-state index is 0.0573. The van der Waals surface area contributed by atoms with E-state index in [2.05, 4.69) is 0 Å². The average molecular weight is 273 g/mol. The first-order chi connectivity index (χ1) is 8.24. The summed E-state index contributed by atoms with van der Waals surface area (Å²) in [6.45, 7) is 8.35. The molecule has 2 saturated carbocycles. The van der Waals surface area contributed by atoms with Crippen LogP contribution in [0.25, 0.3) is 0 Å². The lowest BCUT2D eigenvalue weighted by Gasteiger charge is -2.35. The van der Waals surface area contributed by atoms with Gasteiger partial charge in [0.25, 0.3) is 0 Å². The molecule has 2 aliphatic rings. The van der Waals surface area contributed by atoms with Crippen molar-refractivity contribution in [3.8, 4) is 0 Å². The van der Waals surface area contributed by atoms with Gasteiger partial charge in [-0.25, -0.2) is 12.7 Å². The summed E-state index contributed by atoms with van der Waals surface area (Å²) in [6, 6.07) is 0. The number of ketones is 1. The van der Waals surface area contributed by atoms with Gasteiger partial charge >= 0.3 is 0 Å². The molecule has 104 valence electrons. The third-order valence-corrected chi connectivity index (χ3v) is 7.77. The smallest absolute Gasteiger partial charge is 0.227 e. The van der Waals surface area contributed by atoms with Gasteiger partial charge in [0, 0.05) is 18.5 Å². The van der Waals surface area contributed by atoms with Crippen LogP contribution >= 0.6 is 0 Å². The zero-order valence-electron chi connectivity index (χ0n) is 11.7. The van der Waals surface area contributed by atoms with Gasteiger partial charge in [-0.15, -0.1) is 0 Å². The largest absolute Gasteiger partial charge is 0.297 e. The van der Waals surface area contributed by atoms with E-state index in [4.69, 9.17) is 0 Å². The van der Waals surface area contributed by atoms with Crippen LogP contribution in [0.2, 0.25) is 0 Å². The van der Waals surface area contributed by atoms with E-state index in [9.17, 15) is 13.2 Å². The highest BCUT2D eigenvalue weighted by molar-refractivity contribution is 7.91. The van der Waals surface area contributed by atoms with Crippen LogP contribution in [-0.4, -0.2) is 36.3 Å². The monoisotopic (exact) mass is 273 g/mol. The second-order valence-corrected chi connectivity index (χ2v) is 8.32. The summed E-state index contributed by atoms with van der Waals surface area (Å²) < 4.78 is 25.9. The number of rotatable bonds is 4. The molecule has 0 aliphatic heterocycles. The van der Waals surface area contributed by atoms with Crippen molar-refractivity contribution in [2.24, 2.45) is 11.3 Å². The van der Waals surface area contributed by atoms with Gasteiger partial charge < -0.3 is 0 Å². The van der Waals surface area contributed by atoms with Crippen molar-refractivity contribution >= 4 is 15.8 Å². The Morgan fingerprint density at radius 3 is 2.22 bits per heavy atom. The summed E-state index contributed by atoms with van der Waals surface area (Å²) in [5.41, 5.74) is -0.474. The van der Waals surface area contributed by atoms with E-state index in [0.717, 1.165) is 6.42 Å². The summed E-state index contributed by atoms with van der Waals surface area (Å²) in [7, 11) is -3.51. The predicted molar refractivity (Wildman–Crippen MR) is 70.7 cm³/mol. The Hall–Kier alpha value is -0.420. The highest BCUT2D eigenvalue weighted by Crippen LogP contribution is 2.59. The summed E-state index contributed by atoms with van der Waals surface area (Å²) in [5.74, 6) is 0.175. The molecule has 0 radical (unpaired) electrons. The Morgan fingerprint density at radius 1 is 1.28 bits per heavy atom. The minimum atomic E-state index is -3.51. The van der Waals surface area contributed by atoms with Gasteiger partial charge in [-0.3, -0.25) is 4.79 Å². The Bertz CT molecular complexity index is 465. The number of Topliss-reactive ketones (excluding diaryl/α,β-unsaturated/α-hetero) is 1. The second-order valence-electron chi connectivity index (χ2n) is 6.07. The van der Waals surface area contributed by atoms with Crippen molar-refractivity contribution in [1.82, 2.24) is 4.31 Å². The first kappa shape index (κ1) is 14.0. The third kappa shape index (κ3) is 1.46. The molecule has 0 N–H and O–H groups in total. The number of nitrogens with zero attached hydrogens (tertiary/aromatic N) is 1. The molecular formula is C13H23NO3S. The molecule has 0 aromatic heterocycles. The first-order valence-electron chi connectivity index (χ1n) is 6.78. The van der Waals surface area contributed by atoms with E-state index in [-0.39, 0.29) is 11.7 Å². The van der Waals surface area contributed by atoms with Crippen LogP contribution in [0.5, 0.6) is 0 Å². The van der Waals surface area contributed by atoms with Gasteiger partial charge in [0.15, 0.2) is 5.78 Å². The SMILES string of the molecule is CCN(CC)S(=O)(=O)[C@]12CC[C@H](C1)C(C)(C)C2=O. The lowest BCUT2D eigenvalue weighted by atomic mass is 9.75. The van der Waals surface area contributed by atoms with Gasteiger partial charge in [-0.05, 0) is 25.2 Å². The Balaban J connectivity index is 2.48. The molecule has 4 nitrogen and oxygen atoms in total. The molecule has 0 aromatic carbocycles. The van der Waals surface area contributed by atoms with Gasteiger partial charge in [0.1, 0.15) is 4.75 Å². The van der Waals surface area contributed by atoms with Crippen molar-refractivity contribution in [2.45, 2.75) is 51.7 Å². The predicted octanol–water partition coefficient (Wildman–Crippen LogP) is 1.81. The van der Waals surface area contributed by atoms with Crippen molar-refractivity contribution in [1.29, 1.82) is 0 Å². The van der Waals surface area contributed by atoms with E-state index >= 15 is 0 Å². The van der Waals surface area contributed by atoms with Gasteiger partial charge in [0.05, 0.1) is 0 Å². The molecular weight excluding hydrogens is 250 g/mol. The standard InChI is InChI=1S/C13H23NO3S/c1-5-14(6-2)18(16,17)13-8-7-10(9-13)12(3,4)11(13)15/h10H,5-9H2,1-4H3/t10-,13-/m1/s1. The molecule has 0 spiro atoms. The zero-order chi connectivity index (χ0) is 13.8. The topological polar surface area (TPSA) is 54.5 Å². The fourth-order valence-corrected chi connectivity index (χ4v) is 6.23. The lowest BCUT2D eigenvalue weighted by Crippen LogP contribution is -2.53. The van der Waals surface area contributed by atoms with E-state index in [0.29, 0.717) is 25.9 Å². The maximum Gasteiger partial charge on any atom is 0.227 e. The molecule has 2 rings (SSSR count). The Morgan fingerprint density at radius 2 is 1.83 bits per heavy atom. The number of hydrogen-bond donors (Lipinski definition) is 0. The van der Waals surface area contributed by atoms with Crippen LogP contribution in [0, 0.1) is 11.3 Å². The van der Waals surface area contributed by atoms with Crippen molar-refractivity contribution in [3.05, 3.63) is 0 Å². The van der Waals surface area contributed by atoms with Crippen LogP contribution in [0.1, 0.15) is 47.0 Å². The first-order valence-corrected chi connectivity index (χ1v) is 8.22. The lowest BCUT2D eigenvalue weighted by molar-refractivity contribution is -0.129. The van der Waals surface area contributed by atoms with Crippen LogP contribution < -0.4 is 0 Å². The normalized spacial score (nSPS) is 34.5. The maximum absolute atomic E-state index is 12.8. The Kier molecular flexibility index (Phi) is 3.14. The average Bonchev–Trinajstić information content (AvgIpc) is 2.81. The molecule has 0 unspecified atom stereocenters. The highest BCUT2D eigenvalue weighted by atomic mass is 32.2. The summed E-state index contributed by atoms with van der Waals surface area (Å²) >= 11 is 0. The van der Waals surface area contributed by atoms with E-state index in [1.54, 1.807) is 0 Å². The van der Waals surface area contributed by atoms with Crippen LogP contribution in [0.15, 0.2) is 0 Å². The minimum Gasteiger partial charge on any atom is -0.297 e. The maximum atomic E-state index is 12.8. The molecule has 2 aliphatic carbocycles. The zero-order valence-corrected chi connectivity index (χ0v) is 12.5. The third-order valence-electron chi connectivity index (χ3n) is 5.03. The van der Waals surface area contributed by atoms with Crippen LogP contribution in [0.4, 0.5) is 0 Å². The van der Waals surface area contributed by atoms with Crippen LogP contribution in [0.3, 0.4) is 0 Å². The van der Waals surface area contributed by atoms with Gasteiger partial charge in [-0.2, -0.15) is 0 Å². The van der Waals surface area contributed by atoms with E-state index in [1.165, 1.54) is 4.31 Å². The van der Waals surface area contributed by atoms with Crippen molar-refractivity contribution < 1.29 is 13.2 Å². The van der Waals surface area contributed by atoms with Crippen molar-refractivity contribution in [2.75, 3.05) is 13.1 Å². The summed E-state index contributed by atoms with van der Waals surface area (Å²) in [5, 5.41) is 0. The van der Waals surface area contributed by atoms with Gasteiger partial charge in [-0.1, -0.05) is 27.7 Å². The van der Waals surface area contributed by atoms with E-state index in [1.807, 2.05) is 27.7 Å². The number of sulfonamides is 1. The number of fused-ring (bicyclic) bond motifs is 2. The van der Waals surface area contributed by atoms with Gasteiger partial charge in [0.2, 0.25) is 10.0 Å². The molecule has 5 heteroatoms. The molecule has 0 heterocycles. The molecule has 18 heavy (non-hydrogen) atoms. The summed E-state index contributed by atoms with van der Waals surface area (Å²) in [4.78, 5) is 12.6. The number of carbonyl (C=O) groups excluding carboxylic acids is 1. The fraction of sp³-hybridized carbons (Fsp3) is 0.923. The number of hydrogen-bond acceptors (Lipinski definition) is 3. The quantitative estimate of drug-likeness (QED) is 0.785. The van der Waals surface area contributed by atoms with Crippen LogP contribution in [-0.2, 0) is 14.8 Å².